The number of carbonyl (C=O) groups excluding carboxylic acids is 5. The van der Waals surface area contributed by atoms with Crippen molar-refractivity contribution in [3.8, 4) is 0 Å². The van der Waals surface area contributed by atoms with Crippen molar-refractivity contribution in [2.24, 2.45) is 33.7 Å². The Balaban J connectivity index is 3.02. The standard InChI is InChI=1S/C20H33N11O7/c21-10(4-9-7-26-8-28-9)16(34)30-12(5-14(22)32)18(36)29-11(2-1-3-27-20(24)25)17(35)31-13(19(37)38)6-15(23)33/h7-8,10-13H,1-6,21H2,(H2,22,32)(H2,23,33)(H,26,28)(H,29,36)(H,30,34)(H,31,35)(H,37,38)(H4,24,25,27). The lowest BCUT2D eigenvalue weighted by Crippen LogP contribution is -2.58. The van der Waals surface area contributed by atoms with Crippen LogP contribution in [-0.4, -0.2) is 87.3 Å². The van der Waals surface area contributed by atoms with Gasteiger partial charge in [-0.1, -0.05) is 0 Å². The number of H-pyrrole nitrogens is 1. The fourth-order valence-corrected chi connectivity index (χ4v) is 3.13. The highest BCUT2D eigenvalue weighted by Gasteiger charge is 2.31. The van der Waals surface area contributed by atoms with Crippen molar-refractivity contribution < 1.29 is 33.9 Å². The summed E-state index contributed by atoms with van der Waals surface area (Å²) in [7, 11) is 0. The molecule has 18 heteroatoms. The molecular weight excluding hydrogens is 506 g/mol. The molecule has 1 heterocycles. The first-order valence-corrected chi connectivity index (χ1v) is 11.3. The van der Waals surface area contributed by atoms with Crippen molar-refractivity contribution in [2.75, 3.05) is 6.54 Å². The molecule has 0 radical (unpaired) electrons. The van der Waals surface area contributed by atoms with Crippen LogP contribution in [0.4, 0.5) is 0 Å². The summed E-state index contributed by atoms with van der Waals surface area (Å²) < 4.78 is 0. The Morgan fingerprint density at radius 3 is 1.97 bits per heavy atom. The van der Waals surface area contributed by atoms with E-state index in [1.807, 2.05) is 0 Å². The van der Waals surface area contributed by atoms with Crippen LogP contribution in [0, 0.1) is 0 Å². The second kappa shape index (κ2) is 15.4. The normalized spacial score (nSPS) is 13.7. The quantitative estimate of drug-likeness (QED) is 0.0505. The number of hydrogen-bond donors (Lipinski definition) is 10. The molecule has 1 aromatic heterocycles. The maximum Gasteiger partial charge on any atom is 0.326 e. The van der Waals surface area contributed by atoms with Crippen LogP contribution in [0.2, 0.25) is 0 Å². The Morgan fingerprint density at radius 1 is 0.895 bits per heavy atom. The molecule has 5 amide bonds. The van der Waals surface area contributed by atoms with E-state index in [1.54, 1.807) is 0 Å². The van der Waals surface area contributed by atoms with Gasteiger partial charge >= 0.3 is 5.97 Å². The Morgan fingerprint density at radius 2 is 1.45 bits per heavy atom. The lowest BCUT2D eigenvalue weighted by Gasteiger charge is -2.24. The van der Waals surface area contributed by atoms with Crippen LogP contribution in [0.15, 0.2) is 17.5 Å². The molecule has 0 saturated heterocycles. The van der Waals surface area contributed by atoms with E-state index in [0.29, 0.717) is 5.69 Å². The fourth-order valence-electron chi connectivity index (χ4n) is 3.13. The van der Waals surface area contributed by atoms with E-state index in [9.17, 15) is 33.9 Å². The summed E-state index contributed by atoms with van der Waals surface area (Å²) in [6.07, 6.45) is 1.62. The summed E-state index contributed by atoms with van der Waals surface area (Å²) in [6, 6.07) is -5.68. The van der Waals surface area contributed by atoms with Gasteiger partial charge in [0.05, 0.1) is 25.2 Å². The number of rotatable bonds is 17. The van der Waals surface area contributed by atoms with E-state index in [0.717, 1.165) is 0 Å². The number of carboxylic acid groups (broad SMARTS) is 1. The Labute approximate surface area is 216 Å². The molecule has 18 nitrogen and oxygen atoms in total. The van der Waals surface area contributed by atoms with Crippen molar-refractivity contribution in [3.63, 3.8) is 0 Å². The highest BCUT2D eigenvalue weighted by atomic mass is 16.4. The van der Waals surface area contributed by atoms with E-state index in [2.05, 4.69) is 30.9 Å². The summed E-state index contributed by atoms with van der Waals surface area (Å²) >= 11 is 0. The predicted molar refractivity (Wildman–Crippen MR) is 131 cm³/mol. The van der Waals surface area contributed by atoms with Crippen LogP contribution in [0.25, 0.3) is 0 Å². The smallest absolute Gasteiger partial charge is 0.326 e. The molecule has 0 aliphatic carbocycles. The fraction of sp³-hybridized carbons (Fsp3) is 0.500. The van der Waals surface area contributed by atoms with E-state index >= 15 is 0 Å². The van der Waals surface area contributed by atoms with Gasteiger partial charge in [0, 0.05) is 24.9 Å². The SMILES string of the molecule is NC(=O)CC(NC(=O)C(CCCN=C(N)N)NC(=O)C(CC(N)=O)NC(=O)C(N)Cc1cnc[nH]1)C(=O)O. The molecule has 0 spiro atoms. The third kappa shape index (κ3) is 11.8. The van der Waals surface area contributed by atoms with Gasteiger partial charge in [-0.15, -0.1) is 0 Å². The van der Waals surface area contributed by atoms with Crippen LogP contribution in [0.1, 0.15) is 31.4 Å². The highest BCUT2D eigenvalue weighted by Crippen LogP contribution is 2.04. The first-order valence-electron chi connectivity index (χ1n) is 11.3. The number of nitrogens with zero attached hydrogens (tertiary/aromatic N) is 2. The van der Waals surface area contributed by atoms with E-state index < -0.39 is 72.5 Å². The number of aromatic nitrogens is 2. The molecule has 0 saturated carbocycles. The molecule has 15 N–H and O–H groups in total. The zero-order valence-electron chi connectivity index (χ0n) is 20.4. The number of nitrogens with one attached hydrogen (secondary N) is 4. The molecule has 38 heavy (non-hydrogen) atoms. The highest BCUT2D eigenvalue weighted by molar-refractivity contribution is 5.96. The maximum absolute atomic E-state index is 13.0. The largest absolute Gasteiger partial charge is 0.480 e. The number of imidazole rings is 1. The number of carboxylic acids is 1. The number of aliphatic imine (C=N–C) groups is 1. The summed E-state index contributed by atoms with van der Waals surface area (Å²) in [5.41, 5.74) is 27.2. The first kappa shape index (κ1) is 31.3. The summed E-state index contributed by atoms with van der Waals surface area (Å²) in [5.74, 6) is -6.41. The Bertz CT molecular complexity index is 1020. The molecule has 0 bridgehead atoms. The summed E-state index contributed by atoms with van der Waals surface area (Å²) in [5, 5.41) is 16.1. The predicted octanol–water partition coefficient (Wildman–Crippen LogP) is -5.38. The zero-order chi connectivity index (χ0) is 28.8. The third-order valence-corrected chi connectivity index (χ3v) is 4.97. The van der Waals surface area contributed by atoms with Crippen LogP contribution < -0.4 is 44.6 Å². The van der Waals surface area contributed by atoms with Crippen molar-refractivity contribution in [3.05, 3.63) is 18.2 Å². The van der Waals surface area contributed by atoms with Gasteiger partial charge in [-0.3, -0.25) is 29.0 Å². The van der Waals surface area contributed by atoms with E-state index in [-0.39, 0.29) is 31.8 Å². The van der Waals surface area contributed by atoms with Crippen LogP contribution >= 0.6 is 0 Å². The number of guanidine groups is 1. The van der Waals surface area contributed by atoms with Crippen molar-refractivity contribution in [2.45, 2.75) is 56.3 Å². The van der Waals surface area contributed by atoms with Crippen LogP contribution in [-0.2, 0) is 35.2 Å². The molecule has 1 rings (SSSR count). The first-order chi connectivity index (χ1) is 17.8. The molecule has 0 fully saturated rings. The number of nitrogens with two attached hydrogens (primary N) is 5. The topological polar surface area (TPSA) is 330 Å². The van der Waals surface area contributed by atoms with E-state index in [4.69, 9.17) is 28.7 Å². The molecule has 0 aromatic carbocycles. The Hall–Kier alpha value is -4.74. The van der Waals surface area contributed by atoms with Crippen LogP contribution in [0.3, 0.4) is 0 Å². The van der Waals surface area contributed by atoms with Gasteiger partial charge < -0.3 is 54.7 Å². The number of primary amides is 2. The monoisotopic (exact) mass is 539 g/mol. The number of carbonyl (C=O) groups is 6. The molecule has 0 aliphatic heterocycles. The van der Waals surface area contributed by atoms with Gasteiger partial charge in [-0.25, -0.2) is 9.78 Å². The van der Waals surface area contributed by atoms with Gasteiger partial charge in [-0.2, -0.15) is 0 Å². The maximum atomic E-state index is 13.0. The Kier molecular flexibility index (Phi) is 12.7. The molecular formula is C20H33N11O7. The zero-order valence-corrected chi connectivity index (χ0v) is 20.4. The molecule has 4 atom stereocenters. The summed E-state index contributed by atoms with van der Waals surface area (Å²) in [6.45, 7) is 0.0650. The van der Waals surface area contributed by atoms with Crippen LogP contribution in [0.5, 0.6) is 0 Å². The summed E-state index contributed by atoms with van der Waals surface area (Å²) in [4.78, 5) is 82.8. The average molecular weight is 540 g/mol. The minimum absolute atomic E-state index is 0.0446. The third-order valence-electron chi connectivity index (χ3n) is 4.97. The van der Waals surface area contributed by atoms with Gasteiger partial charge in [0.15, 0.2) is 5.96 Å². The molecule has 1 aromatic rings. The minimum atomic E-state index is -1.67. The number of aliphatic carboxylic acids is 1. The average Bonchev–Trinajstić information content (AvgIpc) is 3.32. The van der Waals surface area contributed by atoms with Gasteiger partial charge in [0.25, 0.3) is 0 Å². The lowest BCUT2D eigenvalue weighted by atomic mass is 10.1. The second-order valence-electron chi connectivity index (χ2n) is 8.20. The van der Waals surface area contributed by atoms with Crippen molar-refractivity contribution in [1.82, 2.24) is 25.9 Å². The van der Waals surface area contributed by atoms with Gasteiger partial charge in [-0.05, 0) is 12.8 Å². The molecule has 4 unspecified atom stereocenters. The van der Waals surface area contributed by atoms with E-state index in [1.165, 1.54) is 12.5 Å². The van der Waals surface area contributed by atoms with Gasteiger partial charge in [0.2, 0.25) is 29.5 Å². The van der Waals surface area contributed by atoms with Crippen molar-refractivity contribution >= 4 is 41.5 Å². The number of amides is 5. The lowest BCUT2D eigenvalue weighted by molar-refractivity contribution is -0.144. The molecule has 0 aliphatic rings. The second-order valence-corrected chi connectivity index (χ2v) is 8.20. The van der Waals surface area contributed by atoms with Crippen molar-refractivity contribution in [1.29, 1.82) is 0 Å². The number of hydrogen-bond acceptors (Lipinski definition) is 9. The minimum Gasteiger partial charge on any atom is -0.480 e. The molecule has 210 valence electrons. The number of aromatic amines is 1. The van der Waals surface area contributed by atoms with Gasteiger partial charge in [0.1, 0.15) is 18.1 Å².